The first kappa shape index (κ1) is 22.0. The van der Waals surface area contributed by atoms with E-state index in [2.05, 4.69) is 14.9 Å². The van der Waals surface area contributed by atoms with Crippen LogP contribution in [0.5, 0.6) is 11.6 Å². The second-order valence-electron chi connectivity index (χ2n) is 7.67. The molecule has 0 unspecified atom stereocenters. The van der Waals surface area contributed by atoms with Crippen molar-refractivity contribution < 1.29 is 13.2 Å². The lowest BCUT2D eigenvalue weighted by atomic mass is 10.2. The number of rotatable bonds is 6. The molecule has 7 nitrogen and oxygen atoms in total. The maximum absolute atomic E-state index is 12.8. The number of ether oxygens (including phenoxy) is 1. The maximum atomic E-state index is 12.8. The Balaban J connectivity index is 1.41. The Morgan fingerprint density at radius 1 is 0.906 bits per heavy atom. The monoisotopic (exact) mass is 450 g/mol. The highest BCUT2D eigenvalue weighted by Crippen LogP contribution is 2.24. The lowest BCUT2D eigenvalue weighted by Gasteiger charge is -2.34. The van der Waals surface area contributed by atoms with E-state index in [-0.39, 0.29) is 0 Å². The van der Waals surface area contributed by atoms with Gasteiger partial charge in [0.05, 0.1) is 0 Å². The van der Waals surface area contributed by atoms with Crippen LogP contribution in [0.1, 0.15) is 17.0 Å². The van der Waals surface area contributed by atoms with E-state index in [4.69, 9.17) is 4.74 Å². The fourth-order valence-electron chi connectivity index (χ4n) is 3.45. The highest BCUT2D eigenvalue weighted by Gasteiger charge is 2.26. The van der Waals surface area contributed by atoms with Crippen LogP contribution < -0.4 is 9.64 Å². The van der Waals surface area contributed by atoms with E-state index in [0.717, 1.165) is 16.9 Å². The van der Waals surface area contributed by atoms with Crippen LogP contribution in [0.25, 0.3) is 6.08 Å². The first-order valence-corrected chi connectivity index (χ1v) is 12.0. The zero-order valence-electron chi connectivity index (χ0n) is 18.2. The molecule has 166 valence electrons. The molecule has 0 radical (unpaired) electrons. The molecule has 0 saturated carbocycles. The molecule has 2 heterocycles. The Bertz CT molecular complexity index is 1190. The summed E-state index contributed by atoms with van der Waals surface area (Å²) in [5.74, 6) is 2.50. The first-order chi connectivity index (χ1) is 15.4. The highest BCUT2D eigenvalue weighted by atomic mass is 32.2. The summed E-state index contributed by atoms with van der Waals surface area (Å²) in [6.07, 6.45) is 1.64. The van der Waals surface area contributed by atoms with Crippen LogP contribution >= 0.6 is 0 Å². The quantitative estimate of drug-likeness (QED) is 0.565. The van der Waals surface area contributed by atoms with Crippen molar-refractivity contribution in [3.63, 3.8) is 0 Å². The lowest BCUT2D eigenvalue weighted by molar-refractivity contribution is 0.388. The second-order valence-corrected chi connectivity index (χ2v) is 9.49. The molecular weight excluding hydrogens is 424 g/mol. The molecule has 0 amide bonds. The summed E-state index contributed by atoms with van der Waals surface area (Å²) in [5.41, 5.74) is 2.00. The van der Waals surface area contributed by atoms with Crippen molar-refractivity contribution in [1.82, 2.24) is 14.3 Å². The second kappa shape index (κ2) is 9.50. The number of nitrogens with zero attached hydrogens (tertiary/aromatic N) is 4. The summed E-state index contributed by atoms with van der Waals surface area (Å²) in [6.45, 7) is 5.67. The minimum Gasteiger partial charge on any atom is -0.439 e. The van der Waals surface area contributed by atoms with E-state index in [9.17, 15) is 8.42 Å². The van der Waals surface area contributed by atoms with E-state index in [1.165, 1.54) is 9.71 Å². The molecule has 0 atom stereocenters. The van der Waals surface area contributed by atoms with Crippen molar-refractivity contribution in [3.8, 4) is 11.6 Å². The van der Waals surface area contributed by atoms with Gasteiger partial charge in [0.2, 0.25) is 15.9 Å². The van der Waals surface area contributed by atoms with Crippen LogP contribution in [0, 0.1) is 13.8 Å². The summed E-state index contributed by atoms with van der Waals surface area (Å²) in [6, 6.07) is 19.0. The number of sulfonamides is 1. The summed E-state index contributed by atoms with van der Waals surface area (Å²) in [7, 11) is -3.49. The van der Waals surface area contributed by atoms with Gasteiger partial charge in [-0.25, -0.2) is 13.4 Å². The normalized spacial score (nSPS) is 15.2. The van der Waals surface area contributed by atoms with Crippen molar-refractivity contribution in [2.24, 2.45) is 0 Å². The van der Waals surface area contributed by atoms with Crippen LogP contribution in [0.3, 0.4) is 0 Å². The van der Waals surface area contributed by atoms with Crippen molar-refractivity contribution in [2.45, 2.75) is 13.8 Å². The Hall–Kier alpha value is -3.23. The van der Waals surface area contributed by atoms with Gasteiger partial charge in [-0.3, -0.25) is 0 Å². The van der Waals surface area contributed by atoms with Gasteiger partial charge >= 0.3 is 0 Å². The van der Waals surface area contributed by atoms with Gasteiger partial charge < -0.3 is 9.64 Å². The average Bonchev–Trinajstić information content (AvgIpc) is 2.79. The highest BCUT2D eigenvalue weighted by molar-refractivity contribution is 7.92. The molecule has 2 aromatic carbocycles. The van der Waals surface area contributed by atoms with Gasteiger partial charge in [-0.15, -0.1) is 0 Å². The summed E-state index contributed by atoms with van der Waals surface area (Å²) < 4.78 is 32.9. The van der Waals surface area contributed by atoms with E-state index < -0.39 is 10.0 Å². The average molecular weight is 451 g/mol. The van der Waals surface area contributed by atoms with E-state index in [0.29, 0.717) is 43.6 Å². The summed E-state index contributed by atoms with van der Waals surface area (Å²) >= 11 is 0. The van der Waals surface area contributed by atoms with Crippen LogP contribution in [0.2, 0.25) is 0 Å². The molecule has 0 N–H and O–H groups in total. The van der Waals surface area contributed by atoms with Gasteiger partial charge in [0.25, 0.3) is 0 Å². The maximum Gasteiger partial charge on any atom is 0.236 e. The number of hydrogen-bond donors (Lipinski definition) is 0. The van der Waals surface area contributed by atoms with Crippen molar-refractivity contribution in [3.05, 3.63) is 83.0 Å². The standard InChI is InChI=1S/C24H26N4O3S/c1-19-8-10-21(11-9-19)12-17-32(29,30)28-15-13-27(14-16-28)23-18-24(26-20(2)25-23)31-22-6-4-3-5-7-22/h3-12,17-18H,13-16H2,1-2H3/b17-12+. The molecule has 32 heavy (non-hydrogen) atoms. The molecule has 3 aromatic rings. The van der Waals surface area contributed by atoms with Crippen molar-refractivity contribution >= 4 is 21.9 Å². The Morgan fingerprint density at radius 3 is 2.28 bits per heavy atom. The first-order valence-electron chi connectivity index (χ1n) is 10.5. The minimum atomic E-state index is -3.49. The fourth-order valence-corrected chi connectivity index (χ4v) is 4.62. The molecule has 1 fully saturated rings. The molecule has 1 aliphatic rings. The third-order valence-electron chi connectivity index (χ3n) is 5.20. The number of aryl methyl sites for hydroxylation is 2. The molecule has 8 heteroatoms. The Kier molecular flexibility index (Phi) is 6.53. The molecule has 4 rings (SSSR count). The van der Waals surface area contributed by atoms with Crippen LogP contribution in [0.15, 0.2) is 66.1 Å². The van der Waals surface area contributed by atoms with Crippen molar-refractivity contribution in [1.29, 1.82) is 0 Å². The van der Waals surface area contributed by atoms with E-state index >= 15 is 0 Å². The number of anilines is 1. The predicted molar refractivity (Wildman–Crippen MR) is 126 cm³/mol. The molecule has 0 bridgehead atoms. The molecule has 1 saturated heterocycles. The zero-order valence-corrected chi connectivity index (χ0v) is 19.0. The Labute approximate surface area is 189 Å². The number of piperazine rings is 1. The largest absolute Gasteiger partial charge is 0.439 e. The summed E-state index contributed by atoms with van der Waals surface area (Å²) in [4.78, 5) is 10.9. The smallest absolute Gasteiger partial charge is 0.236 e. The van der Waals surface area contributed by atoms with Gasteiger partial charge in [-0.05, 0) is 37.6 Å². The third-order valence-corrected chi connectivity index (χ3v) is 6.76. The van der Waals surface area contributed by atoms with Gasteiger partial charge in [-0.2, -0.15) is 9.29 Å². The zero-order chi connectivity index (χ0) is 22.6. The number of hydrogen-bond acceptors (Lipinski definition) is 6. The van der Waals surface area contributed by atoms with Gasteiger partial charge in [-0.1, -0.05) is 48.0 Å². The van der Waals surface area contributed by atoms with Crippen LogP contribution in [0.4, 0.5) is 5.82 Å². The molecule has 0 spiro atoms. The molecule has 0 aliphatic carbocycles. The molecule has 1 aliphatic heterocycles. The third kappa shape index (κ3) is 5.52. The van der Waals surface area contributed by atoms with Crippen LogP contribution in [-0.2, 0) is 10.0 Å². The van der Waals surface area contributed by atoms with Crippen molar-refractivity contribution in [2.75, 3.05) is 31.1 Å². The number of para-hydroxylation sites is 1. The fraction of sp³-hybridized carbons (Fsp3) is 0.250. The lowest BCUT2D eigenvalue weighted by Crippen LogP contribution is -2.48. The van der Waals surface area contributed by atoms with Gasteiger partial charge in [0.1, 0.15) is 17.4 Å². The molecule has 1 aromatic heterocycles. The topological polar surface area (TPSA) is 75.6 Å². The number of aromatic nitrogens is 2. The number of benzene rings is 2. The Morgan fingerprint density at radius 2 is 1.59 bits per heavy atom. The van der Waals surface area contributed by atoms with Gasteiger partial charge in [0, 0.05) is 37.7 Å². The summed E-state index contributed by atoms with van der Waals surface area (Å²) in [5, 5.41) is 1.29. The van der Waals surface area contributed by atoms with Gasteiger partial charge in [0.15, 0.2) is 0 Å². The molecular formula is C24H26N4O3S. The van der Waals surface area contributed by atoms with E-state index in [1.807, 2.05) is 68.4 Å². The minimum absolute atomic E-state index is 0.387. The predicted octanol–water partition coefficient (Wildman–Crippen LogP) is 4.01. The van der Waals surface area contributed by atoms with Crippen LogP contribution in [-0.4, -0.2) is 48.9 Å². The SMILES string of the molecule is Cc1ccc(/C=C/S(=O)(=O)N2CCN(c3cc(Oc4ccccc4)nc(C)n3)CC2)cc1. The van der Waals surface area contributed by atoms with E-state index in [1.54, 1.807) is 12.1 Å².